The molecule has 1 aliphatic heterocycles. The van der Waals surface area contributed by atoms with Gasteiger partial charge in [0.05, 0.1) is 11.4 Å². The van der Waals surface area contributed by atoms with Gasteiger partial charge in [-0.3, -0.25) is 5.10 Å². The molecule has 0 fully saturated rings. The molecule has 0 unspecified atom stereocenters. The third-order valence-electron chi connectivity index (χ3n) is 3.22. The second-order valence-corrected chi connectivity index (χ2v) is 6.37. The number of aromatic nitrogens is 3. The second-order valence-electron chi connectivity index (χ2n) is 4.61. The summed E-state index contributed by atoms with van der Waals surface area (Å²) in [4.78, 5) is 4.16. The van der Waals surface area contributed by atoms with E-state index in [4.69, 9.17) is 0 Å². The molecule has 0 bridgehead atoms. The van der Waals surface area contributed by atoms with Crippen molar-refractivity contribution in [3.8, 4) is 0 Å². The van der Waals surface area contributed by atoms with E-state index in [1.807, 2.05) is 6.07 Å². The Balaban J connectivity index is 1.80. The normalized spacial score (nSPS) is 14.6. The van der Waals surface area contributed by atoms with E-state index in [-0.39, 0.29) is 11.4 Å². The van der Waals surface area contributed by atoms with Crippen molar-refractivity contribution in [2.75, 3.05) is 11.9 Å². The van der Waals surface area contributed by atoms with Crippen molar-refractivity contribution in [2.24, 2.45) is 0 Å². The van der Waals surface area contributed by atoms with Crippen molar-refractivity contribution < 1.29 is 8.42 Å². The molecule has 20 heavy (non-hydrogen) atoms. The lowest BCUT2D eigenvalue weighted by molar-refractivity contribution is 0.579. The molecule has 7 nitrogen and oxygen atoms in total. The highest BCUT2D eigenvalue weighted by Gasteiger charge is 2.17. The highest BCUT2D eigenvalue weighted by atomic mass is 32.2. The molecule has 0 atom stereocenters. The minimum absolute atomic E-state index is 0.0949. The maximum Gasteiger partial charge on any atom is 0.240 e. The van der Waals surface area contributed by atoms with Gasteiger partial charge in [-0.15, -0.1) is 0 Å². The summed E-state index contributed by atoms with van der Waals surface area (Å²) in [7, 11) is -3.54. The molecule has 0 saturated carbocycles. The molecular formula is C12H15N5O2S. The van der Waals surface area contributed by atoms with Crippen LogP contribution < -0.4 is 10.0 Å². The van der Waals surface area contributed by atoms with E-state index in [0.717, 1.165) is 30.6 Å². The standard InChI is InChI=1S/C12H15N5O2S/c18-20(19,16-7-12-14-8-15-17-12)10-3-4-11-9(6-10)2-1-5-13-11/h3-4,6,8,13,16H,1-2,5,7H2,(H,14,15,17). The molecule has 0 spiro atoms. The first-order chi connectivity index (χ1) is 9.65. The molecule has 3 rings (SSSR count). The van der Waals surface area contributed by atoms with E-state index in [1.54, 1.807) is 12.1 Å². The van der Waals surface area contributed by atoms with Gasteiger partial charge in [-0.1, -0.05) is 0 Å². The van der Waals surface area contributed by atoms with Gasteiger partial charge in [0.1, 0.15) is 12.2 Å². The van der Waals surface area contributed by atoms with Crippen molar-refractivity contribution in [2.45, 2.75) is 24.3 Å². The first-order valence-corrected chi connectivity index (χ1v) is 7.84. The van der Waals surface area contributed by atoms with Crippen LogP contribution >= 0.6 is 0 Å². The second kappa shape index (κ2) is 5.22. The van der Waals surface area contributed by atoms with Crippen LogP contribution in [0.4, 0.5) is 5.69 Å². The summed E-state index contributed by atoms with van der Waals surface area (Å²) in [5.74, 6) is 0.480. The zero-order chi connectivity index (χ0) is 14.0. The summed E-state index contributed by atoms with van der Waals surface area (Å²) >= 11 is 0. The Morgan fingerprint density at radius 2 is 2.25 bits per heavy atom. The summed E-state index contributed by atoms with van der Waals surface area (Å²) in [6.45, 7) is 1.03. The van der Waals surface area contributed by atoms with Crippen LogP contribution in [-0.2, 0) is 23.0 Å². The highest BCUT2D eigenvalue weighted by Crippen LogP contribution is 2.24. The van der Waals surface area contributed by atoms with Crippen molar-refractivity contribution in [1.29, 1.82) is 0 Å². The molecule has 0 radical (unpaired) electrons. The van der Waals surface area contributed by atoms with Gasteiger partial charge in [-0.05, 0) is 36.6 Å². The number of H-pyrrole nitrogens is 1. The zero-order valence-corrected chi connectivity index (χ0v) is 11.6. The molecule has 2 aromatic rings. The number of hydrogen-bond acceptors (Lipinski definition) is 5. The number of anilines is 1. The fourth-order valence-corrected chi connectivity index (χ4v) is 3.22. The van der Waals surface area contributed by atoms with Gasteiger partial charge in [0.2, 0.25) is 10.0 Å². The van der Waals surface area contributed by atoms with E-state index in [1.165, 1.54) is 6.33 Å². The van der Waals surface area contributed by atoms with Crippen LogP contribution in [0.15, 0.2) is 29.4 Å². The number of fused-ring (bicyclic) bond motifs is 1. The van der Waals surface area contributed by atoms with Crippen LogP contribution in [0.25, 0.3) is 0 Å². The van der Waals surface area contributed by atoms with Crippen molar-refractivity contribution in [3.05, 3.63) is 35.9 Å². The van der Waals surface area contributed by atoms with Crippen molar-refractivity contribution in [1.82, 2.24) is 19.9 Å². The maximum absolute atomic E-state index is 12.2. The van der Waals surface area contributed by atoms with E-state index in [2.05, 4.69) is 25.2 Å². The summed E-state index contributed by atoms with van der Waals surface area (Å²) < 4.78 is 26.9. The summed E-state index contributed by atoms with van der Waals surface area (Å²) in [5, 5.41) is 9.54. The molecule has 0 aliphatic carbocycles. The minimum atomic E-state index is -3.54. The lowest BCUT2D eigenvalue weighted by Crippen LogP contribution is -2.24. The van der Waals surface area contributed by atoms with Crippen LogP contribution in [-0.4, -0.2) is 30.1 Å². The van der Waals surface area contributed by atoms with Crippen LogP contribution in [0.1, 0.15) is 17.8 Å². The number of nitrogens with zero attached hydrogens (tertiary/aromatic N) is 2. The highest BCUT2D eigenvalue weighted by molar-refractivity contribution is 7.89. The molecule has 3 N–H and O–H groups in total. The topological polar surface area (TPSA) is 99.8 Å². The Kier molecular flexibility index (Phi) is 3.41. The van der Waals surface area contributed by atoms with Crippen LogP contribution in [0, 0.1) is 0 Å². The molecular weight excluding hydrogens is 278 g/mol. The molecule has 0 amide bonds. The van der Waals surface area contributed by atoms with E-state index >= 15 is 0 Å². The smallest absolute Gasteiger partial charge is 0.240 e. The number of benzene rings is 1. The first-order valence-electron chi connectivity index (χ1n) is 6.36. The SMILES string of the molecule is O=S(=O)(NCc1ncn[nH]1)c1ccc2c(c1)CCCN2. The summed E-state index contributed by atoms with van der Waals surface area (Å²) in [6.07, 6.45) is 3.25. The predicted octanol–water partition coefficient (Wildman–Crippen LogP) is 0.641. The molecule has 1 aromatic carbocycles. The minimum Gasteiger partial charge on any atom is -0.385 e. The monoisotopic (exact) mass is 293 g/mol. The average Bonchev–Trinajstić information content (AvgIpc) is 2.98. The molecule has 2 heterocycles. The predicted molar refractivity (Wildman–Crippen MR) is 73.7 cm³/mol. The average molecular weight is 293 g/mol. The van der Waals surface area contributed by atoms with Crippen molar-refractivity contribution in [3.63, 3.8) is 0 Å². The number of sulfonamides is 1. The number of nitrogens with one attached hydrogen (secondary N) is 3. The Morgan fingerprint density at radius 1 is 1.35 bits per heavy atom. The van der Waals surface area contributed by atoms with Gasteiger partial charge >= 0.3 is 0 Å². The summed E-state index contributed by atoms with van der Waals surface area (Å²) in [5.41, 5.74) is 2.06. The molecule has 0 saturated heterocycles. The molecule has 106 valence electrons. The van der Waals surface area contributed by atoms with Crippen LogP contribution in [0.2, 0.25) is 0 Å². The lowest BCUT2D eigenvalue weighted by Gasteiger charge is -2.18. The lowest BCUT2D eigenvalue weighted by atomic mass is 10.0. The Hall–Kier alpha value is -1.93. The number of aryl methyl sites for hydroxylation is 1. The molecule has 8 heteroatoms. The number of aromatic amines is 1. The fourth-order valence-electron chi connectivity index (χ4n) is 2.18. The summed E-state index contributed by atoms with van der Waals surface area (Å²) in [6, 6.07) is 5.15. The van der Waals surface area contributed by atoms with Crippen LogP contribution in [0.5, 0.6) is 0 Å². The Bertz CT molecular complexity index is 697. The zero-order valence-electron chi connectivity index (χ0n) is 10.8. The van der Waals surface area contributed by atoms with Gasteiger partial charge in [-0.2, -0.15) is 5.10 Å². The van der Waals surface area contributed by atoms with Gasteiger partial charge in [0.15, 0.2) is 0 Å². The molecule has 1 aliphatic rings. The van der Waals surface area contributed by atoms with Gasteiger partial charge in [0.25, 0.3) is 0 Å². The maximum atomic E-state index is 12.2. The third-order valence-corrected chi connectivity index (χ3v) is 4.62. The van der Waals surface area contributed by atoms with Crippen molar-refractivity contribution >= 4 is 15.7 Å². The first kappa shape index (κ1) is 13.1. The Morgan fingerprint density at radius 3 is 3.05 bits per heavy atom. The van der Waals surface area contributed by atoms with Crippen LogP contribution in [0.3, 0.4) is 0 Å². The number of rotatable bonds is 4. The molecule has 1 aromatic heterocycles. The van der Waals surface area contributed by atoms with Gasteiger partial charge < -0.3 is 5.32 Å². The quantitative estimate of drug-likeness (QED) is 0.768. The van der Waals surface area contributed by atoms with E-state index in [9.17, 15) is 8.42 Å². The van der Waals surface area contributed by atoms with Gasteiger partial charge in [0, 0.05) is 12.2 Å². The van der Waals surface area contributed by atoms with E-state index in [0.29, 0.717) is 5.82 Å². The number of hydrogen-bond donors (Lipinski definition) is 3. The van der Waals surface area contributed by atoms with E-state index < -0.39 is 10.0 Å². The Labute approximate surface area is 116 Å². The third kappa shape index (κ3) is 2.66. The largest absolute Gasteiger partial charge is 0.385 e. The fraction of sp³-hybridized carbons (Fsp3) is 0.333. The van der Waals surface area contributed by atoms with Gasteiger partial charge in [-0.25, -0.2) is 18.1 Å².